The molecule has 0 heterocycles. The lowest BCUT2D eigenvalue weighted by atomic mass is 10.1. The van der Waals surface area contributed by atoms with Gasteiger partial charge in [0.05, 0.1) is 11.1 Å². The molecular formula is C8H4F3O2. The third-order valence-electron chi connectivity index (χ3n) is 1.37. The first kappa shape index (κ1) is 9.57. The van der Waals surface area contributed by atoms with E-state index in [-0.39, 0.29) is 5.56 Å². The number of rotatable bonds is 1. The molecule has 0 bridgehead atoms. The van der Waals surface area contributed by atoms with Crippen LogP contribution in [-0.2, 0) is 6.18 Å². The number of carboxylic acid groups (broad SMARTS) is 1. The molecule has 1 radical (unpaired) electrons. The molecule has 1 aromatic carbocycles. The van der Waals surface area contributed by atoms with E-state index >= 15 is 0 Å². The maximum absolute atomic E-state index is 12.0. The van der Waals surface area contributed by atoms with E-state index in [2.05, 4.69) is 0 Å². The fourth-order valence-corrected chi connectivity index (χ4v) is 0.734. The second kappa shape index (κ2) is 3.08. The van der Waals surface area contributed by atoms with Crippen molar-refractivity contribution in [3.8, 4) is 0 Å². The quantitative estimate of drug-likeness (QED) is 0.735. The van der Waals surface area contributed by atoms with Gasteiger partial charge in [-0.25, -0.2) is 4.79 Å². The topological polar surface area (TPSA) is 37.3 Å². The summed E-state index contributed by atoms with van der Waals surface area (Å²) in [6, 6.07) is 4.21. The second-order valence-electron chi connectivity index (χ2n) is 2.29. The zero-order valence-corrected chi connectivity index (χ0v) is 6.22. The summed E-state index contributed by atoms with van der Waals surface area (Å²) in [6.07, 6.45) is -4.45. The molecule has 0 spiro atoms. The van der Waals surface area contributed by atoms with Gasteiger partial charge in [-0.3, -0.25) is 0 Å². The molecule has 1 rings (SSSR count). The van der Waals surface area contributed by atoms with Gasteiger partial charge < -0.3 is 5.11 Å². The molecule has 0 aliphatic rings. The first-order valence-electron chi connectivity index (χ1n) is 3.23. The highest BCUT2D eigenvalue weighted by Gasteiger charge is 2.30. The summed E-state index contributed by atoms with van der Waals surface area (Å²) in [7, 11) is 0. The molecule has 0 amide bonds. The summed E-state index contributed by atoms with van der Waals surface area (Å²) in [4.78, 5) is 10.2. The van der Waals surface area contributed by atoms with E-state index in [9.17, 15) is 18.0 Å². The first-order chi connectivity index (χ1) is 5.91. The van der Waals surface area contributed by atoms with Crippen molar-refractivity contribution in [2.24, 2.45) is 0 Å². The average Bonchev–Trinajstić information content (AvgIpc) is 2.03. The third kappa shape index (κ3) is 2.21. The number of carboxylic acids is 1. The largest absolute Gasteiger partial charge is 0.478 e. The van der Waals surface area contributed by atoms with Crippen LogP contribution in [0.5, 0.6) is 0 Å². The van der Waals surface area contributed by atoms with Crippen molar-refractivity contribution in [2.75, 3.05) is 0 Å². The highest BCUT2D eigenvalue weighted by atomic mass is 19.4. The smallest absolute Gasteiger partial charge is 0.416 e. The number of carbonyl (C=O) groups is 1. The molecule has 0 fully saturated rings. The predicted octanol–water partition coefficient (Wildman–Crippen LogP) is 2.20. The van der Waals surface area contributed by atoms with Crippen LogP contribution in [0.3, 0.4) is 0 Å². The first-order valence-corrected chi connectivity index (χ1v) is 3.23. The van der Waals surface area contributed by atoms with Crippen molar-refractivity contribution in [1.29, 1.82) is 0 Å². The molecule has 0 saturated heterocycles. The summed E-state index contributed by atoms with van der Waals surface area (Å²) in [6.45, 7) is 0. The van der Waals surface area contributed by atoms with Gasteiger partial charge in [-0.15, -0.1) is 0 Å². The number of alkyl halides is 3. The van der Waals surface area contributed by atoms with Crippen LogP contribution in [0.1, 0.15) is 15.9 Å². The minimum atomic E-state index is -4.45. The number of benzene rings is 1. The monoisotopic (exact) mass is 189 g/mol. The SMILES string of the molecule is O=C(O)c1[c]cc(C(F)(F)F)cc1. The van der Waals surface area contributed by atoms with Crippen LogP contribution in [0.15, 0.2) is 18.2 Å². The maximum Gasteiger partial charge on any atom is 0.416 e. The average molecular weight is 189 g/mol. The van der Waals surface area contributed by atoms with E-state index in [1.165, 1.54) is 0 Å². The van der Waals surface area contributed by atoms with E-state index in [4.69, 9.17) is 5.11 Å². The lowest BCUT2D eigenvalue weighted by Gasteiger charge is -2.05. The van der Waals surface area contributed by atoms with Gasteiger partial charge in [0.25, 0.3) is 0 Å². The van der Waals surface area contributed by atoms with Crippen molar-refractivity contribution in [3.63, 3.8) is 0 Å². The Balaban J connectivity index is 3.01. The Bertz CT molecular complexity index is 313. The summed E-state index contributed by atoms with van der Waals surface area (Å²) in [5.74, 6) is -1.30. The third-order valence-corrected chi connectivity index (χ3v) is 1.37. The molecular weight excluding hydrogens is 185 g/mol. The van der Waals surface area contributed by atoms with Crippen molar-refractivity contribution < 1.29 is 23.1 Å². The van der Waals surface area contributed by atoms with Gasteiger partial charge in [-0.1, -0.05) is 0 Å². The van der Waals surface area contributed by atoms with Gasteiger partial charge in [0.15, 0.2) is 0 Å². The van der Waals surface area contributed by atoms with Crippen molar-refractivity contribution in [2.45, 2.75) is 6.18 Å². The Morgan fingerprint density at radius 3 is 2.31 bits per heavy atom. The normalized spacial score (nSPS) is 11.3. The number of hydrogen-bond acceptors (Lipinski definition) is 1. The lowest BCUT2D eigenvalue weighted by Crippen LogP contribution is -2.05. The van der Waals surface area contributed by atoms with Crippen LogP contribution in [0.2, 0.25) is 0 Å². The molecule has 0 atom stereocenters. The van der Waals surface area contributed by atoms with Crippen LogP contribution < -0.4 is 0 Å². The summed E-state index contributed by atoms with van der Waals surface area (Å²) < 4.78 is 35.9. The standard InChI is InChI=1S/C8H4F3O2/c9-8(10,11)6-3-1-5(2-4-6)7(12)13/h1,3-4H,(H,12,13). The molecule has 0 saturated carbocycles. The summed E-state index contributed by atoms with van der Waals surface area (Å²) >= 11 is 0. The summed E-state index contributed by atoms with van der Waals surface area (Å²) in [5.41, 5.74) is -1.19. The van der Waals surface area contributed by atoms with Crippen LogP contribution in [0.25, 0.3) is 0 Å². The molecule has 5 heteroatoms. The Morgan fingerprint density at radius 2 is 2.00 bits per heavy atom. The molecule has 13 heavy (non-hydrogen) atoms. The highest BCUT2D eigenvalue weighted by Crippen LogP contribution is 2.28. The zero-order valence-electron chi connectivity index (χ0n) is 6.22. The van der Waals surface area contributed by atoms with Gasteiger partial charge in [0.2, 0.25) is 0 Å². The van der Waals surface area contributed by atoms with Crippen molar-refractivity contribution >= 4 is 5.97 Å². The van der Waals surface area contributed by atoms with E-state index in [1.54, 1.807) is 0 Å². The Labute approximate surface area is 71.6 Å². The Hall–Kier alpha value is -1.52. The molecule has 2 nitrogen and oxygen atoms in total. The maximum atomic E-state index is 12.0. The molecule has 0 aliphatic heterocycles. The zero-order chi connectivity index (χ0) is 10.1. The molecule has 0 aliphatic carbocycles. The molecule has 1 N–H and O–H groups in total. The van der Waals surface area contributed by atoms with Gasteiger partial charge >= 0.3 is 12.1 Å². The van der Waals surface area contributed by atoms with Crippen LogP contribution >= 0.6 is 0 Å². The van der Waals surface area contributed by atoms with E-state index < -0.39 is 17.7 Å². The van der Waals surface area contributed by atoms with Crippen LogP contribution in [0.4, 0.5) is 13.2 Å². The molecule has 1 aromatic rings. The molecule has 0 aromatic heterocycles. The second-order valence-corrected chi connectivity index (χ2v) is 2.29. The number of hydrogen-bond donors (Lipinski definition) is 1. The fourth-order valence-electron chi connectivity index (χ4n) is 0.734. The van der Waals surface area contributed by atoms with Gasteiger partial charge in [0.1, 0.15) is 0 Å². The molecule has 0 unspecified atom stereocenters. The number of aromatic carboxylic acids is 1. The van der Waals surface area contributed by atoms with Gasteiger partial charge in [-0.2, -0.15) is 13.2 Å². The van der Waals surface area contributed by atoms with Crippen LogP contribution in [0, 0.1) is 6.07 Å². The Morgan fingerprint density at radius 1 is 1.38 bits per heavy atom. The van der Waals surface area contributed by atoms with Crippen molar-refractivity contribution in [1.82, 2.24) is 0 Å². The predicted molar refractivity (Wildman–Crippen MR) is 37.2 cm³/mol. The van der Waals surface area contributed by atoms with Gasteiger partial charge in [0, 0.05) is 0 Å². The highest BCUT2D eigenvalue weighted by molar-refractivity contribution is 5.87. The lowest BCUT2D eigenvalue weighted by molar-refractivity contribution is -0.137. The Kier molecular flexibility index (Phi) is 2.27. The van der Waals surface area contributed by atoms with Crippen molar-refractivity contribution in [3.05, 3.63) is 35.4 Å². The minimum Gasteiger partial charge on any atom is -0.478 e. The van der Waals surface area contributed by atoms with E-state index in [0.717, 1.165) is 6.07 Å². The van der Waals surface area contributed by atoms with Crippen LogP contribution in [-0.4, -0.2) is 11.1 Å². The summed E-state index contributed by atoms with van der Waals surface area (Å²) in [5, 5.41) is 8.37. The van der Waals surface area contributed by atoms with Gasteiger partial charge in [-0.05, 0) is 24.3 Å². The fraction of sp³-hybridized carbons (Fsp3) is 0.125. The van der Waals surface area contributed by atoms with E-state index in [0.29, 0.717) is 12.1 Å². The number of halogens is 3. The minimum absolute atomic E-state index is 0.284. The van der Waals surface area contributed by atoms with E-state index in [1.807, 2.05) is 6.07 Å². The molecule has 69 valence electrons.